The molecule has 0 heterocycles. The maximum Gasteiger partial charge on any atom is 0.423 e. The number of benzene rings is 1. The number of amides is 2. The monoisotopic (exact) mass is 359 g/mol. The number of carbonyl (C=O) groups excluding carboxylic acids is 2. The molecule has 0 fully saturated rings. The molecule has 1 aromatic rings. The molecule has 0 aliphatic heterocycles. The van der Waals surface area contributed by atoms with Crippen LogP contribution in [0, 0.1) is 0 Å². The Bertz CT molecular complexity index is 725. The van der Waals surface area contributed by atoms with Crippen LogP contribution in [0.25, 0.3) is 0 Å². The van der Waals surface area contributed by atoms with E-state index in [0.29, 0.717) is 5.75 Å². The van der Waals surface area contributed by atoms with Crippen LogP contribution in [0.4, 0.5) is 10.5 Å². The summed E-state index contributed by atoms with van der Waals surface area (Å²) < 4.78 is 34.4. The Labute approximate surface area is 140 Å². The van der Waals surface area contributed by atoms with Crippen molar-refractivity contribution in [1.29, 1.82) is 0 Å². The molecule has 0 aliphatic carbocycles. The maximum absolute atomic E-state index is 12.2. The van der Waals surface area contributed by atoms with Crippen LogP contribution in [0.1, 0.15) is 27.7 Å². The van der Waals surface area contributed by atoms with E-state index in [-0.39, 0.29) is 16.5 Å². The van der Waals surface area contributed by atoms with Crippen LogP contribution >= 0.6 is 0 Å². The lowest BCUT2D eigenvalue weighted by Gasteiger charge is -2.19. The predicted octanol–water partition coefficient (Wildman–Crippen LogP) is 1.37. The molecule has 9 nitrogen and oxygen atoms in total. The molecule has 0 aliphatic rings. The quantitative estimate of drug-likeness (QED) is 0.683. The van der Waals surface area contributed by atoms with Gasteiger partial charge >= 0.3 is 6.09 Å². The zero-order valence-corrected chi connectivity index (χ0v) is 14.9. The van der Waals surface area contributed by atoms with Crippen LogP contribution in [-0.4, -0.2) is 33.1 Å². The molecule has 24 heavy (non-hydrogen) atoms. The molecule has 1 rings (SSSR count). The van der Waals surface area contributed by atoms with E-state index in [1.165, 1.54) is 32.2 Å². The Morgan fingerprint density at radius 1 is 1.17 bits per heavy atom. The Balaban J connectivity index is 2.94. The molecular weight excluding hydrogens is 338 g/mol. The molecule has 0 unspecified atom stereocenters. The number of sulfonamides is 1. The summed E-state index contributed by atoms with van der Waals surface area (Å²) in [4.78, 5) is 24.4. The minimum Gasteiger partial charge on any atom is -0.495 e. The molecule has 3 N–H and O–H groups in total. The first kappa shape index (κ1) is 19.7. The fraction of sp³-hybridized carbons (Fsp3) is 0.429. The highest BCUT2D eigenvalue weighted by atomic mass is 32.2. The highest BCUT2D eigenvalue weighted by Gasteiger charge is 2.20. The Kier molecular flexibility index (Phi) is 6.16. The number of methoxy groups -OCH3 is 1. The molecule has 2 amide bonds. The van der Waals surface area contributed by atoms with Crippen molar-refractivity contribution < 1.29 is 27.5 Å². The molecule has 0 saturated heterocycles. The van der Waals surface area contributed by atoms with Gasteiger partial charge in [0.15, 0.2) is 0 Å². The minimum atomic E-state index is -4.06. The molecule has 134 valence electrons. The van der Waals surface area contributed by atoms with Gasteiger partial charge in [0, 0.05) is 6.92 Å². The highest BCUT2D eigenvalue weighted by molar-refractivity contribution is 7.89. The summed E-state index contributed by atoms with van der Waals surface area (Å²) in [5.74, 6) is -0.0908. The summed E-state index contributed by atoms with van der Waals surface area (Å²) in [7, 11) is -2.68. The van der Waals surface area contributed by atoms with Crippen molar-refractivity contribution in [3.8, 4) is 5.75 Å². The summed E-state index contributed by atoms with van der Waals surface area (Å²) >= 11 is 0. The van der Waals surface area contributed by atoms with E-state index in [2.05, 4.69) is 5.32 Å². The van der Waals surface area contributed by atoms with E-state index in [1.54, 1.807) is 20.8 Å². The fourth-order valence-electron chi connectivity index (χ4n) is 1.61. The molecule has 0 aromatic heterocycles. The average molecular weight is 359 g/mol. The van der Waals surface area contributed by atoms with Gasteiger partial charge in [-0.15, -0.1) is 4.83 Å². The van der Waals surface area contributed by atoms with Crippen LogP contribution in [0.2, 0.25) is 0 Å². The van der Waals surface area contributed by atoms with E-state index in [9.17, 15) is 18.0 Å². The van der Waals surface area contributed by atoms with Crippen LogP contribution < -0.4 is 20.3 Å². The number of hydrogen-bond donors (Lipinski definition) is 3. The Morgan fingerprint density at radius 2 is 1.79 bits per heavy atom. The van der Waals surface area contributed by atoms with Crippen molar-refractivity contribution in [2.24, 2.45) is 0 Å². The average Bonchev–Trinajstić information content (AvgIpc) is 2.43. The van der Waals surface area contributed by atoms with Gasteiger partial charge in [-0.1, -0.05) is 0 Å². The number of rotatable bonds is 5. The van der Waals surface area contributed by atoms with Gasteiger partial charge in [0.2, 0.25) is 5.91 Å². The van der Waals surface area contributed by atoms with Crippen LogP contribution in [0.5, 0.6) is 5.75 Å². The van der Waals surface area contributed by atoms with Crippen LogP contribution in [-0.2, 0) is 19.6 Å². The van der Waals surface area contributed by atoms with Crippen LogP contribution in [0.3, 0.4) is 0 Å². The van der Waals surface area contributed by atoms with Crippen molar-refractivity contribution >= 4 is 27.7 Å². The van der Waals surface area contributed by atoms with E-state index in [1.807, 2.05) is 10.3 Å². The molecule has 0 saturated carbocycles. The zero-order chi connectivity index (χ0) is 18.5. The van der Waals surface area contributed by atoms with Gasteiger partial charge in [-0.3, -0.25) is 4.79 Å². The van der Waals surface area contributed by atoms with Gasteiger partial charge in [0.25, 0.3) is 10.0 Å². The predicted molar refractivity (Wildman–Crippen MR) is 87.0 cm³/mol. The SMILES string of the molecule is COc1ccc(S(=O)(=O)NNC(=O)OC(C)(C)C)cc1NC(C)=O. The molecule has 0 atom stereocenters. The summed E-state index contributed by atoms with van der Waals surface area (Å²) in [5.41, 5.74) is 1.36. The number of nitrogens with one attached hydrogen (secondary N) is 3. The maximum atomic E-state index is 12.2. The lowest BCUT2D eigenvalue weighted by molar-refractivity contribution is -0.114. The summed E-state index contributed by atoms with van der Waals surface area (Å²) in [5, 5.41) is 2.46. The van der Waals surface area contributed by atoms with Crippen molar-refractivity contribution in [2.75, 3.05) is 12.4 Å². The van der Waals surface area contributed by atoms with Gasteiger partial charge in [0.1, 0.15) is 11.4 Å². The first-order valence-corrected chi connectivity index (χ1v) is 8.39. The molecule has 0 spiro atoms. The largest absolute Gasteiger partial charge is 0.495 e. The number of carbonyl (C=O) groups is 2. The highest BCUT2D eigenvalue weighted by Crippen LogP contribution is 2.27. The zero-order valence-electron chi connectivity index (χ0n) is 14.1. The second kappa shape index (κ2) is 7.49. The third kappa shape index (κ3) is 6.05. The van der Waals surface area contributed by atoms with Gasteiger partial charge in [-0.25, -0.2) is 18.6 Å². The second-order valence-electron chi connectivity index (χ2n) is 5.78. The van der Waals surface area contributed by atoms with E-state index in [4.69, 9.17) is 9.47 Å². The number of hydrogen-bond acceptors (Lipinski definition) is 6. The lowest BCUT2D eigenvalue weighted by Crippen LogP contribution is -2.44. The van der Waals surface area contributed by atoms with Gasteiger partial charge in [0.05, 0.1) is 17.7 Å². The molecule has 0 radical (unpaired) electrons. The van der Waals surface area contributed by atoms with Gasteiger partial charge in [-0.2, -0.15) is 0 Å². The van der Waals surface area contributed by atoms with Crippen molar-refractivity contribution in [1.82, 2.24) is 10.3 Å². The van der Waals surface area contributed by atoms with E-state index in [0.717, 1.165) is 0 Å². The molecule has 1 aromatic carbocycles. The summed E-state index contributed by atoms with van der Waals surface area (Å²) in [6, 6.07) is 3.86. The second-order valence-corrected chi connectivity index (χ2v) is 7.46. The third-order valence-electron chi connectivity index (χ3n) is 2.48. The third-order valence-corrected chi connectivity index (χ3v) is 3.72. The van der Waals surface area contributed by atoms with Gasteiger partial charge in [-0.05, 0) is 39.0 Å². The molecule has 0 bridgehead atoms. The standard InChI is InChI=1S/C14H21N3O6S/c1-9(18)15-11-8-10(6-7-12(11)22-5)24(20,21)17-16-13(19)23-14(2,3)4/h6-8,17H,1-5H3,(H,15,18)(H,16,19). The number of anilines is 1. The number of hydrazine groups is 1. The minimum absolute atomic E-state index is 0.178. The Morgan fingerprint density at radius 3 is 2.29 bits per heavy atom. The van der Waals surface area contributed by atoms with Crippen molar-refractivity contribution in [2.45, 2.75) is 38.2 Å². The molecular formula is C14H21N3O6S. The fourth-order valence-corrected chi connectivity index (χ4v) is 2.47. The topological polar surface area (TPSA) is 123 Å². The van der Waals surface area contributed by atoms with Crippen molar-refractivity contribution in [3.63, 3.8) is 0 Å². The molecule has 10 heteroatoms. The first-order valence-electron chi connectivity index (χ1n) is 6.91. The normalized spacial score (nSPS) is 11.5. The number of ether oxygens (including phenoxy) is 2. The first-order chi connectivity index (χ1) is 10.9. The lowest BCUT2D eigenvalue weighted by atomic mass is 10.2. The van der Waals surface area contributed by atoms with Crippen LogP contribution in [0.15, 0.2) is 23.1 Å². The van der Waals surface area contributed by atoms with E-state index >= 15 is 0 Å². The summed E-state index contributed by atoms with van der Waals surface area (Å²) in [6.07, 6.45) is -0.943. The van der Waals surface area contributed by atoms with Gasteiger partial charge < -0.3 is 14.8 Å². The summed E-state index contributed by atoms with van der Waals surface area (Å²) in [6.45, 7) is 6.21. The Hall–Kier alpha value is -2.33. The smallest absolute Gasteiger partial charge is 0.423 e. The van der Waals surface area contributed by atoms with Crippen molar-refractivity contribution in [3.05, 3.63) is 18.2 Å². The van der Waals surface area contributed by atoms with E-state index < -0.39 is 21.7 Å².